The van der Waals surface area contributed by atoms with Gasteiger partial charge in [0.2, 0.25) is 5.95 Å². The van der Waals surface area contributed by atoms with Crippen LogP contribution >= 0.6 is 11.3 Å². The van der Waals surface area contributed by atoms with Crippen LogP contribution in [0.5, 0.6) is 0 Å². The molecule has 0 unspecified atom stereocenters. The molecule has 0 fully saturated rings. The van der Waals surface area contributed by atoms with Crippen LogP contribution in [-0.2, 0) is 0 Å². The molecule has 0 saturated heterocycles. The second-order valence-electron chi connectivity index (χ2n) is 12.8. The molecular formula is C45H26N4OS. The molecule has 7 aromatic carbocycles. The molecule has 0 aliphatic carbocycles. The molecule has 0 radical (unpaired) electrons. The number of nitrogens with zero attached hydrogens (tertiary/aromatic N) is 4. The number of aromatic nitrogens is 4. The van der Waals surface area contributed by atoms with Crippen molar-refractivity contribution in [3.05, 3.63) is 158 Å². The van der Waals surface area contributed by atoms with E-state index in [4.69, 9.17) is 19.4 Å². The molecule has 0 amide bonds. The minimum Gasteiger partial charge on any atom is -0.456 e. The Kier molecular flexibility index (Phi) is 6.05. The van der Waals surface area contributed by atoms with Crippen molar-refractivity contribution >= 4 is 75.3 Å². The zero-order chi connectivity index (χ0) is 33.5. The van der Waals surface area contributed by atoms with Gasteiger partial charge in [0.1, 0.15) is 11.2 Å². The molecule has 11 rings (SSSR count). The molecule has 0 aliphatic rings. The number of thiophene rings is 1. The summed E-state index contributed by atoms with van der Waals surface area (Å²) in [7, 11) is 0. The maximum absolute atomic E-state index is 6.30. The van der Waals surface area contributed by atoms with Crippen LogP contribution in [0.25, 0.3) is 104 Å². The van der Waals surface area contributed by atoms with E-state index < -0.39 is 0 Å². The van der Waals surface area contributed by atoms with Gasteiger partial charge in [0.25, 0.3) is 0 Å². The van der Waals surface area contributed by atoms with Crippen LogP contribution in [0.3, 0.4) is 0 Å². The first-order chi connectivity index (χ1) is 25.3. The lowest BCUT2D eigenvalue weighted by Crippen LogP contribution is -2.06. The van der Waals surface area contributed by atoms with E-state index in [0.717, 1.165) is 66.0 Å². The van der Waals surface area contributed by atoms with E-state index in [0.29, 0.717) is 17.6 Å². The summed E-state index contributed by atoms with van der Waals surface area (Å²) in [6, 6.07) is 54.9. The average Bonchev–Trinajstić information content (AvgIpc) is 3.88. The maximum Gasteiger partial charge on any atom is 0.238 e. The van der Waals surface area contributed by atoms with Crippen LogP contribution in [0.4, 0.5) is 0 Å². The van der Waals surface area contributed by atoms with Crippen LogP contribution in [-0.4, -0.2) is 19.5 Å². The first-order valence-corrected chi connectivity index (χ1v) is 17.8. The van der Waals surface area contributed by atoms with Gasteiger partial charge < -0.3 is 4.42 Å². The van der Waals surface area contributed by atoms with Crippen LogP contribution < -0.4 is 0 Å². The van der Waals surface area contributed by atoms with Crippen LogP contribution in [0.1, 0.15) is 0 Å². The molecule has 0 aliphatic heterocycles. The van der Waals surface area contributed by atoms with Gasteiger partial charge in [-0.25, -0.2) is 4.98 Å². The number of benzene rings is 7. The molecule has 0 N–H and O–H groups in total. The van der Waals surface area contributed by atoms with Gasteiger partial charge in [0, 0.05) is 48.1 Å². The summed E-state index contributed by atoms with van der Waals surface area (Å²) in [5.74, 6) is 1.84. The number of fused-ring (bicyclic) bond motifs is 10. The van der Waals surface area contributed by atoms with Gasteiger partial charge >= 0.3 is 0 Å². The van der Waals surface area contributed by atoms with Crippen molar-refractivity contribution in [3.8, 4) is 39.9 Å². The number of hydrogen-bond donors (Lipinski definition) is 0. The molecule has 0 saturated carbocycles. The Balaban J connectivity index is 1.28. The third-order valence-corrected chi connectivity index (χ3v) is 11.1. The summed E-state index contributed by atoms with van der Waals surface area (Å²) in [6.45, 7) is 0. The summed E-state index contributed by atoms with van der Waals surface area (Å²) in [4.78, 5) is 15.5. The second kappa shape index (κ2) is 10.9. The van der Waals surface area contributed by atoms with Crippen molar-refractivity contribution in [2.45, 2.75) is 0 Å². The molecule has 0 bridgehead atoms. The first kappa shape index (κ1) is 28.2. The van der Waals surface area contributed by atoms with Crippen molar-refractivity contribution in [1.29, 1.82) is 0 Å². The van der Waals surface area contributed by atoms with E-state index in [2.05, 4.69) is 108 Å². The number of rotatable bonds is 4. The smallest absolute Gasteiger partial charge is 0.238 e. The largest absolute Gasteiger partial charge is 0.456 e. The predicted octanol–water partition coefficient (Wildman–Crippen LogP) is 12.2. The molecule has 11 aromatic rings. The van der Waals surface area contributed by atoms with Gasteiger partial charge in [-0.15, -0.1) is 11.3 Å². The third-order valence-electron chi connectivity index (χ3n) is 9.87. The van der Waals surface area contributed by atoms with Gasteiger partial charge in [-0.3, -0.25) is 4.57 Å². The van der Waals surface area contributed by atoms with Crippen molar-refractivity contribution in [3.63, 3.8) is 0 Å². The van der Waals surface area contributed by atoms with E-state index >= 15 is 0 Å². The van der Waals surface area contributed by atoms with Crippen molar-refractivity contribution in [1.82, 2.24) is 19.5 Å². The van der Waals surface area contributed by atoms with E-state index in [1.807, 2.05) is 65.9 Å². The molecule has 0 atom stereocenters. The van der Waals surface area contributed by atoms with Crippen LogP contribution in [0, 0.1) is 0 Å². The zero-order valence-electron chi connectivity index (χ0n) is 27.1. The lowest BCUT2D eigenvalue weighted by atomic mass is 9.98. The fraction of sp³-hybridized carbons (Fsp3) is 0. The Morgan fingerprint density at radius 1 is 0.471 bits per heavy atom. The minimum atomic E-state index is 0.580. The summed E-state index contributed by atoms with van der Waals surface area (Å²) in [5, 5.41) is 6.99. The molecule has 4 aromatic heterocycles. The number of para-hydroxylation sites is 1. The van der Waals surface area contributed by atoms with Gasteiger partial charge in [-0.1, -0.05) is 133 Å². The highest BCUT2D eigenvalue weighted by Gasteiger charge is 2.22. The van der Waals surface area contributed by atoms with Crippen LogP contribution in [0.2, 0.25) is 0 Å². The highest BCUT2D eigenvalue weighted by Crippen LogP contribution is 2.44. The average molecular weight is 671 g/mol. The Labute approximate surface area is 295 Å². The normalized spacial score (nSPS) is 11.9. The molecule has 238 valence electrons. The Hall–Kier alpha value is -6.63. The quantitative estimate of drug-likeness (QED) is 0.187. The fourth-order valence-electron chi connectivity index (χ4n) is 7.57. The Morgan fingerprint density at radius 2 is 1.12 bits per heavy atom. The maximum atomic E-state index is 6.30. The molecule has 0 spiro atoms. The summed E-state index contributed by atoms with van der Waals surface area (Å²) >= 11 is 1.82. The van der Waals surface area contributed by atoms with Crippen molar-refractivity contribution < 1.29 is 4.42 Å². The molecular weight excluding hydrogens is 645 g/mol. The van der Waals surface area contributed by atoms with Crippen molar-refractivity contribution in [2.75, 3.05) is 0 Å². The molecule has 5 nitrogen and oxygen atoms in total. The highest BCUT2D eigenvalue weighted by atomic mass is 32.1. The van der Waals surface area contributed by atoms with E-state index in [9.17, 15) is 0 Å². The number of hydrogen-bond acceptors (Lipinski definition) is 5. The standard InChI is InChI=1S/C45H26N4OS/c1-3-12-27(13-4-1)43-46-44(28-14-5-2-6-15-28)48-45(47-43)49-36-26-29(30-18-11-20-38-40(30)35-17-7-9-19-37(35)50-38)22-23-31(36)33-24-25-34-32-16-8-10-21-39(32)51-42(34)41(33)49/h1-26H. The SMILES string of the molecule is c1ccc(-c2nc(-c3ccccc3)nc(-n3c4cc(-c5cccc6oc7ccccc7c56)ccc4c4ccc5c6ccccc6sc5c43)n2)cc1. The lowest BCUT2D eigenvalue weighted by Gasteiger charge is -2.12. The van der Waals surface area contributed by atoms with E-state index in [-0.39, 0.29) is 0 Å². The van der Waals surface area contributed by atoms with Crippen molar-refractivity contribution in [2.24, 2.45) is 0 Å². The minimum absolute atomic E-state index is 0.580. The second-order valence-corrected chi connectivity index (χ2v) is 13.8. The molecule has 51 heavy (non-hydrogen) atoms. The summed E-state index contributed by atoms with van der Waals surface area (Å²) < 4.78 is 11.0. The first-order valence-electron chi connectivity index (χ1n) is 16.9. The van der Waals surface area contributed by atoms with Gasteiger partial charge in [0.05, 0.1) is 15.7 Å². The predicted molar refractivity (Wildman–Crippen MR) is 211 cm³/mol. The zero-order valence-corrected chi connectivity index (χ0v) is 27.9. The summed E-state index contributed by atoms with van der Waals surface area (Å²) in [6.07, 6.45) is 0. The Morgan fingerprint density at radius 3 is 1.90 bits per heavy atom. The number of furan rings is 1. The highest BCUT2D eigenvalue weighted by molar-refractivity contribution is 7.26. The van der Waals surface area contributed by atoms with Gasteiger partial charge in [-0.2, -0.15) is 9.97 Å². The molecule has 6 heteroatoms. The topological polar surface area (TPSA) is 56.7 Å². The van der Waals surface area contributed by atoms with E-state index in [1.165, 1.54) is 20.2 Å². The third kappa shape index (κ3) is 4.30. The monoisotopic (exact) mass is 670 g/mol. The Bertz CT molecular complexity index is 3080. The van der Waals surface area contributed by atoms with Gasteiger partial charge in [-0.05, 0) is 35.4 Å². The van der Waals surface area contributed by atoms with E-state index in [1.54, 1.807) is 0 Å². The summed E-state index contributed by atoms with van der Waals surface area (Å²) in [5.41, 5.74) is 7.97. The van der Waals surface area contributed by atoms with Crippen LogP contribution in [0.15, 0.2) is 162 Å². The molecule has 4 heterocycles. The fourth-order valence-corrected chi connectivity index (χ4v) is 8.81. The van der Waals surface area contributed by atoms with Gasteiger partial charge in [0.15, 0.2) is 11.6 Å². The lowest BCUT2D eigenvalue weighted by molar-refractivity contribution is 0.669.